The zero-order valence-corrected chi connectivity index (χ0v) is 13.6. The second-order valence-corrected chi connectivity index (χ2v) is 5.67. The smallest absolute Gasteiger partial charge is 0.224 e. The molecule has 0 aromatic rings. The number of carbonyl (C=O) groups excluding carboxylic acids is 2. The predicted octanol–water partition coefficient (Wildman–Crippen LogP) is 0.314. The Morgan fingerprint density at radius 3 is 2.05 bits per heavy atom. The monoisotopic (exact) mass is 302 g/mol. The van der Waals surface area contributed by atoms with Crippen molar-refractivity contribution in [3.05, 3.63) is 0 Å². The second kappa shape index (κ2) is 10.7. The van der Waals surface area contributed by atoms with Crippen LogP contribution in [-0.2, 0) is 9.59 Å². The first-order valence-corrected chi connectivity index (χ1v) is 7.65. The highest BCUT2D eigenvalue weighted by molar-refractivity contribution is 5.88. The van der Waals surface area contributed by atoms with E-state index in [-0.39, 0.29) is 31.2 Å². The number of hydrogen-bond donors (Lipinski definition) is 3. The summed E-state index contributed by atoms with van der Waals surface area (Å²) in [5.74, 6) is -0.311. The summed E-state index contributed by atoms with van der Waals surface area (Å²) >= 11 is 0. The number of ketones is 1. The summed E-state index contributed by atoms with van der Waals surface area (Å²) in [6.45, 7) is 7.70. The summed E-state index contributed by atoms with van der Waals surface area (Å²) in [5, 5.41) is 22.0. The van der Waals surface area contributed by atoms with E-state index in [0.717, 1.165) is 12.8 Å². The SMILES string of the molecule is CCCCNC(CC(=O)N(CC(C)O)CC(C)O)C(C)=O. The number of hydrogen-bond acceptors (Lipinski definition) is 5. The molecule has 124 valence electrons. The van der Waals surface area contributed by atoms with Crippen LogP contribution in [0.2, 0.25) is 0 Å². The van der Waals surface area contributed by atoms with Crippen LogP contribution in [0.5, 0.6) is 0 Å². The Bertz CT molecular complexity index is 309. The Morgan fingerprint density at radius 1 is 1.14 bits per heavy atom. The van der Waals surface area contributed by atoms with Gasteiger partial charge in [0.15, 0.2) is 0 Å². The van der Waals surface area contributed by atoms with Gasteiger partial charge in [-0.1, -0.05) is 13.3 Å². The van der Waals surface area contributed by atoms with Crippen molar-refractivity contribution in [3.8, 4) is 0 Å². The lowest BCUT2D eigenvalue weighted by atomic mass is 10.1. The molecule has 0 saturated heterocycles. The third kappa shape index (κ3) is 9.55. The van der Waals surface area contributed by atoms with E-state index in [0.29, 0.717) is 6.54 Å². The van der Waals surface area contributed by atoms with Gasteiger partial charge >= 0.3 is 0 Å². The van der Waals surface area contributed by atoms with Crippen LogP contribution in [0, 0.1) is 0 Å². The van der Waals surface area contributed by atoms with Gasteiger partial charge in [-0.3, -0.25) is 9.59 Å². The maximum Gasteiger partial charge on any atom is 0.224 e. The van der Waals surface area contributed by atoms with Gasteiger partial charge in [-0.25, -0.2) is 0 Å². The third-order valence-electron chi connectivity index (χ3n) is 3.11. The van der Waals surface area contributed by atoms with Crippen LogP contribution in [0.3, 0.4) is 0 Å². The summed E-state index contributed by atoms with van der Waals surface area (Å²) in [6, 6.07) is -0.505. The molecule has 21 heavy (non-hydrogen) atoms. The molecule has 0 aliphatic carbocycles. The number of aliphatic hydroxyl groups is 2. The topological polar surface area (TPSA) is 89.9 Å². The molecule has 0 fully saturated rings. The molecule has 0 aromatic heterocycles. The van der Waals surface area contributed by atoms with Gasteiger partial charge in [0, 0.05) is 19.5 Å². The minimum absolute atomic E-state index is 0.0541. The van der Waals surface area contributed by atoms with Gasteiger partial charge in [0.1, 0.15) is 5.78 Å². The van der Waals surface area contributed by atoms with Gasteiger partial charge in [-0.2, -0.15) is 0 Å². The van der Waals surface area contributed by atoms with Crippen LogP contribution in [0.4, 0.5) is 0 Å². The van der Waals surface area contributed by atoms with Crippen molar-refractivity contribution >= 4 is 11.7 Å². The molecule has 0 aliphatic heterocycles. The zero-order valence-electron chi connectivity index (χ0n) is 13.6. The molecule has 3 atom stereocenters. The Labute approximate surface area is 127 Å². The van der Waals surface area contributed by atoms with E-state index in [1.807, 2.05) is 0 Å². The molecule has 3 N–H and O–H groups in total. The largest absolute Gasteiger partial charge is 0.392 e. The standard InChI is InChI=1S/C15H30N2O4/c1-5-6-7-16-14(13(4)20)8-15(21)17(9-11(2)18)10-12(3)19/h11-12,14,16,18-19H,5-10H2,1-4H3. The maximum atomic E-state index is 12.3. The number of Topliss-reactive ketones (excluding diaryl/α,β-unsaturated/α-hetero) is 1. The molecule has 0 heterocycles. The van der Waals surface area contributed by atoms with Crippen LogP contribution in [0.25, 0.3) is 0 Å². The Morgan fingerprint density at radius 2 is 1.67 bits per heavy atom. The molecule has 6 heteroatoms. The van der Waals surface area contributed by atoms with E-state index in [4.69, 9.17) is 0 Å². The first-order chi connectivity index (χ1) is 9.77. The van der Waals surface area contributed by atoms with Crippen LogP contribution in [0.15, 0.2) is 0 Å². The highest BCUT2D eigenvalue weighted by Gasteiger charge is 2.23. The molecular weight excluding hydrogens is 272 g/mol. The van der Waals surface area contributed by atoms with E-state index in [9.17, 15) is 19.8 Å². The van der Waals surface area contributed by atoms with Gasteiger partial charge in [0.25, 0.3) is 0 Å². The Balaban J connectivity index is 4.61. The number of rotatable bonds is 11. The summed E-state index contributed by atoms with van der Waals surface area (Å²) in [4.78, 5) is 25.3. The zero-order chi connectivity index (χ0) is 16.4. The third-order valence-corrected chi connectivity index (χ3v) is 3.11. The van der Waals surface area contributed by atoms with E-state index < -0.39 is 18.2 Å². The van der Waals surface area contributed by atoms with Gasteiger partial charge < -0.3 is 20.4 Å². The lowest BCUT2D eigenvalue weighted by molar-refractivity contribution is -0.136. The van der Waals surface area contributed by atoms with Crippen molar-refractivity contribution in [2.75, 3.05) is 19.6 Å². The highest BCUT2D eigenvalue weighted by Crippen LogP contribution is 2.04. The van der Waals surface area contributed by atoms with Crippen molar-refractivity contribution in [2.45, 2.75) is 65.2 Å². The number of aliphatic hydroxyl groups excluding tert-OH is 2. The minimum Gasteiger partial charge on any atom is -0.392 e. The highest BCUT2D eigenvalue weighted by atomic mass is 16.3. The Kier molecular flexibility index (Phi) is 10.2. The first kappa shape index (κ1) is 20.0. The summed E-state index contributed by atoms with van der Waals surface area (Å²) in [6.07, 6.45) is 0.677. The molecule has 0 radical (unpaired) electrons. The van der Waals surface area contributed by atoms with Gasteiger partial charge in [0.05, 0.1) is 18.2 Å². The number of unbranched alkanes of at least 4 members (excludes halogenated alkanes) is 1. The van der Waals surface area contributed by atoms with Crippen LogP contribution in [-0.4, -0.2) is 64.7 Å². The van der Waals surface area contributed by atoms with E-state index in [2.05, 4.69) is 12.2 Å². The molecule has 0 rings (SSSR count). The van der Waals surface area contributed by atoms with Gasteiger partial charge in [0.2, 0.25) is 5.91 Å². The van der Waals surface area contributed by atoms with Crippen molar-refractivity contribution < 1.29 is 19.8 Å². The quantitative estimate of drug-likeness (QED) is 0.478. The van der Waals surface area contributed by atoms with Crippen molar-refractivity contribution in [1.82, 2.24) is 10.2 Å². The summed E-state index contributed by atoms with van der Waals surface area (Å²) in [7, 11) is 0. The van der Waals surface area contributed by atoms with Gasteiger partial charge in [-0.15, -0.1) is 0 Å². The molecule has 0 spiro atoms. The molecule has 0 saturated carbocycles. The number of nitrogens with one attached hydrogen (secondary N) is 1. The average molecular weight is 302 g/mol. The molecule has 3 unspecified atom stereocenters. The van der Waals surface area contributed by atoms with Crippen LogP contribution >= 0.6 is 0 Å². The fourth-order valence-electron chi connectivity index (χ4n) is 2.03. The molecular formula is C15H30N2O4. The van der Waals surface area contributed by atoms with Gasteiger partial charge in [-0.05, 0) is 33.7 Å². The number of carbonyl (C=O) groups is 2. The number of nitrogens with zero attached hydrogens (tertiary/aromatic N) is 1. The van der Waals surface area contributed by atoms with Crippen molar-refractivity contribution in [1.29, 1.82) is 0 Å². The lowest BCUT2D eigenvalue weighted by Crippen LogP contribution is -2.45. The van der Waals surface area contributed by atoms with Crippen molar-refractivity contribution in [3.63, 3.8) is 0 Å². The summed E-state index contributed by atoms with van der Waals surface area (Å²) < 4.78 is 0. The first-order valence-electron chi connectivity index (χ1n) is 7.65. The minimum atomic E-state index is -0.670. The maximum absolute atomic E-state index is 12.3. The van der Waals surface area contributed by atoms with E-state index in [1.54, 1.807) is 13.8 Å². The summed E-state index contributed by atoms with van der Waals surface area (Å²) in [5.41, 5.74) is 0. The molecule has 0 aromatic carbocycles. The van der Waals surface area contributed by atoms with Crippen LogP contribution in [0.1, 0.15) is 47.0 Å². The molecule has 1 amide bonds. The lowest BCUT2D eigenvalue weighted by Gasteiger charge is -2.27. The molecule has 0 aliphatic rings. The normalized spacial score (nSPS) is 15.3. The fourth-order valence-corrected chi connectivity index (χ4v) is 2.03. The Hall–Kier alpha value is -0.980. The second-order valence-electron chi connectivity index (χ2n) is 5.67. The van der Waals surface area contributed by atoms with E-state index >= 15 is 0 Å². The predicted molar refractivity (Wildman–Crippen MR) is 81.9 cm³/mol. The number of amides is 1. The average Bonchev–Trinajstić information content (AvgIpc) is 2.35. The van der Waals surface area contributed by atoms with E-state index in [1.165, 1.54) is 11.8 Å². The molecule has 0 bridgehead atoms. The van der Waals surface area contributed by atoms with Crippen molar-refractivity contribution in [2.24, 2.45) is 0 Å². The molecule has 6 nitrogen and oxygen atoms in total. The fraction of sp³-hybridized carbons (Fsp3) is 0.867. The van der Waals surface area contributed by atoms with Crippen LogP contribution < -0.4 is 5.32 Å².